The van der Waals surface area contributed by atoms with Gasteiger partial charge in [0.15, 0.2) is 5.82 Å². The summed E-state index contributed by atoms with van der Waals surface area (Å²) in [7, 11) is 2.12. The Hall–Kier alpha value is -2.46. The standard InChI is InChI=1S/C19H22FN5O/c1-3-17-22-18(26-23-17)19-6-7-24(2)10-14(19)11-25(12-19)16-5-4-15(20)8-13(16)9-21/h4-5,8,14H,3,6-7,10-12H2,1-2H3/t14-,19-/m1/s1. The summed E-state index contributed by atoms with van der Waals surface area (Å²) in [6.45, 7) is 5.40. The van der Waals surface area contributed by atoms with Gasteiger partial charge in [-0.05, 0) is 38.2 Å². The van der Waals surface area contributed by atoms with Gasteiger partial charge in [0.2, 0.25) is 5.89 Å². The smallest absolute Gasteiger partial charge is 0.235 e. The van der Waals surface area contributed by atoms with Crippen molar-refractivity contribution in [1.82, 2.24) is 15.0 Å². The second-order valence-electron chi connectivity index (χ2n) is 7.39. The number of nitrogens with zero attached hydrogens (tertiary/aromatic N) is 5. The summed E-state index contributed by atoms with van der Waals surface area (Å²) in [4.78, 5) is 9.14. The predicted octanol–water partition coefficient (Wildman–Crippen LogP) is 2.35. The molecule has 2 fully saturated rings. The molecule has 6 nitrogen and oxygen atoms in total. The number of aromatic nitrogens is 2. The van der Waals surface area contributed by atoms with E-state index < -0.39 is 0 Å². The SMILES string of the molecule is CCc1noc([C@@]23CCN(C)C[C@@H]2CN(c2ccc(F)cc2C#N)C3)n1. The minimum absolute atomic E-state index is 0.214. The largest absolute Gasteiger partial charge is 0.369 e. The molecule has 2 atom stereocenters. The maximum absolute atomic E-state index is 13.5. The van der Waals surface area contributed by atoms with Crippen LogP contribution in [0.25, 0.3) is 0 Å². The molecule has 0 spiro atoms. The molecule has 0 aliphatic carbocycles. The highest BCUT2D eigenvalue weighted by Gasteiger charge is 2.54. The normalized spacial score (nSPS) is 25.9. The lowest BCUT2D eigenvalue weighted by Gasteiger charge is -2.39. The number of halogens is 1. The fourth-order valence-electron chi connectivity index (χ4n) is 4.35. The van der Waals surface area contributed by atoms with Crippen LogP contribution in [-0.4, -0.2) is 48.3 Å². The van der Waals surface area contributed by atoms with E-state index in [0.29, 0.717) is 23.9 Å². The van der Waals surface area contributed by atoms with Gasteiger partial charge in [0, 0.05) is 32.0 Å². The lowest BCUT2D eigenvalue weighted by atomic mass is 9.72. The van der Waals surface area contributed by atoms with Crippen molar-refractivity contribution < 1.29 is 8.91 Å². The summed E-state index contributed by atoms with van der Waals surface area (Å²) < 4.78 is 19.2. The number of aryl methyl sites for hydroxylation is 1. The lowest BCUT2D eigenvalue weighted by molar-refractivity contribution is 0.118. The molecule has 7 heteroatoms. The zero-order chi connectivity index (χ0) is 18.3. The molecule has 0 amide bonds. The van der Waals surface area contributed by atoms with Gasteiger partial charge in [-0.2, -0.15) is 10.2 Å². The molecule has 0 radical (unpaired) electrons. The maximum Gasteiger partial charge on any atom is 0.235 e. The molecule has 1 aromatic carbocycles. The van der Waals surface area contributed by atoms with Crippen molar-refractivity contribution in [3.8, 4) is 6.07 Å². The lowest BCUT2D eigenvalue weighted by Crippen LogP contribution is -2.48. The van der Waals surface area contributed by atoms with E-state index in [1.54, 1.807) is 6.07 Å². The van der Waals surface area contributed by atoms with Gasteiger partial charge >= 0.3 is 0 Å². The number of piperidine rings is 1. The third-order valence-corrected chi connectivity index (χ3v) is 5.80. The van der Waals surface area contributed by atoms with Crippen LogP contribution in [0.1, 0.15) is 30.6 Å². The molecule has 3 heterocycles. The summed E-state index contributed by atoms with van der Waals surface area (Å²) in [5.74, 6) is 1.37. The average molecular weight is 355 g/mol. The highest BCUT2D eigenvalue weighted by molar-refractivity contribution is 5.61. The van der Waals surface area contributed by atoms with Gasteiger partial charge in [-0.3, -0.25) is 0 Å². The Labute approximate surface area is 152 Å². The summed E-state index contributed by atoms with van der Waals surface area (Å²) >= 11 is 0. The number of anilines is 1. The number of hydrogen-bond acceptors (Lipinski definition) is 6. The minimum Gasteiger partial charge on any atom is -0.369 e. The Morgan fingerprint density at radius 1 is 1.42 bits per heavy atom. The first-order valence-corrected chi connectivity index (χ1v) is 9.02. The van der Waals surface area contributed by atoms with E-state index in [1.807, 2.05) is 6.92 Å². The van der Waals surface area contributed by atoms with Crippen LogP contribution in [0.4, 0.5) is 10.1 Å². The Kier molecular flexibility index (Phi) is 4.16. The van der Waals surface area contributed by atoms with Gasteiger partial charge in [-0.15, -0.1) is 0 Å². The van der Waals surface area contributed by atoms with Gasteiger partial charge in [-0.1, -0.05) is 12.1 Å². The van der Waals surface area contributed by atoms with E-state index in [9.17, 15) is 9.65 Å². The zero-order valence-electron chi connectivity index (χ0n) is 15.1. The molecule has 0 saturated carbocycles. The number of hydrogen-bond donors (Lipinski definition) is 0. The van der Waals surface area contributed by atoms with Crippen LogP contribution in [0.15, 0.2) is 22.7 Å². The van der Waals surface area contributed by atoms with Crippen molar-refractivity contribution in [1.29, 1.82) is 5.26 Å². The molecule has 0 N–H and O–H groups in total. The minimum atomic E-state index is -0.388. The highest BCUT2D eigenvalue weighted by Crippen LogP contribution is 2.46. The third-order valence-electron chi connectivity index (χ3n) is 5.80. The van der Waals surface area contributed by atoms with Gasteiger partial charge in [0.25, 0.3) is 0 Å². The van der Waals surface area contributed by atoms with Crippen molar-refractivity contribution in [3.05, 3.63) is 41.3 Å². The number of benzene rings is 1. The molecule has 2 aliphatic heterocycles. The molecular weight excluding hydrogens is 333 g/mol. The quantitative estimate of drug-likeness (QED) is 0.842. The van der Waals surface area contributed by atoms with Crippen molar-refractivity contribution in [2.75, 3.05) is 38.1 Å². The number of rotatable bonds is 3. The average Bonchev–Trinajstić information content (AvgIpc) is 3.26. The van der Waals surface area contributed by atoms with Crippen LogP contribution in [0, 0.1) is 23.1 Å². The van der Waals surface area contributed by atoms with Crippen LogP contribution < -0.4 is 4.90 Å². The van der Waals surface area contributed by atoms with E-state index >= 15 is 0 Å². The Morgan fingerprint density at radius 2 is 2.27 bits per heavy atom. The molecule has 26 heavy (non-hydrogen) atoms. The van der Waals surface area contributed by atoms with Crippen molar-refractivity contribution in [2.45, 2.75) is 25.2 Å². The van der Waals surface area contributed by atoms with Crippen molar-refractivity contribution in [3.63, 3.8) is 0 Å². The van der Waals surface area contributed by atoms with Gasteiger partial charge in [0.05, 0.1) is 16.7 Å². The van der Waals surface area contributed by atoms with E-state index in [-0.39, 0.29) is 11.2 Å². The first kappa shape index (κ1) is 17.0. The fourth-order valence-corrected chi connectivity index (χ4v) is 4.35. The molecule has 0 unspecified atom stereocenters. The fraction of sp³-hybridized carbons (Fsp3) is 0.526. The number of fused-ring (bicyclic) bond motifs is 1. The molecule has 1 aromatic heterocycles. The van der Waals surface area contributed by atoms with E-state index in [2.05, 4.69) is 33.1 Å². The van der Waals surface area contributed by atoms with Crippen LogP contribution in [0.5, 0.6) is 0 Å². The van der Waals surface area contributed by atoms with Crippen molar-refractivity contribution in [2.24, 2.45) is 5.92 Å². The number of likely N-dealkylation sites (tertiary alicyclic amines) is 1. The summed E-state index contributed by atoms with van der Waals surface area (Å²) in [5.41, 5.74) is 0.932. The molecule has 2 saturated heterocycles. The van der Waals surface area contributed by atoms with Gasteiger partial charge < -0.3 is 14.3 Å². The maximum atomic E-state index is 13.5. The topological polar surface area (TPSA) is 69.2 Å². The molecule has 2 aliphatic rings. The van der Waals surface area contributed by atoms with Crippen LogP contribution in [0.3, 0.4) is 0 Å². The Bertz CT molecular complexity index is 860. The Morgan fingerprint density at radius 3 is 3.00 bits per heavy atom. The van der Waals surface area contributed by atoms with Gasteiger partial charge in [0.1, 0.15) is 11.9 Å². The van der Waals surface area contributed by atoms with Crippen molar-refractivity contribution >= 4 is 5.69 Å². The first-order valence-electron chi connectivity index (χ1n) is 9.02. The predicted molar refractivity (Wildman–Crippen MR) is 94.3 cm³/mol. The molecule has 136 valence electrons. The van der Waals surface area contributed by atoms with E-state index in [4.69, 9.17) is 4.52 Å². The van der Waals surface area contributed by atoms with E-state index in [1.165, 1.54) is 12.1 Å². The molecule has 0 bridgehead atoms. The first-order chi connectivity index (χ1) is 12.6. The van der Waals surface area contributed by atoms with Crippen LogP contribution in [-0.2, 0) is 11.8 Å². The summed E-state index contributed by atoms with van der Waals surface area (Å²) in [6.07, 6.45) is 1.67. The molecular formula is C19H22FN5O. The summed E-state index contributed by atoms with van der Waals surface area (Å²) in [5, 5.41) is 13.5. The van der Waals surface area contributed by atoms with Gasteiger partial charge in [-0.25, -0.2) is 4.39 Å². The molecule has 2 aromatic rings. The zero-order valence-corrected chi connectivity index (χ0v) is 15.1. The highest BCUT2D eigenvalue weighted by atomic mass is 19.1. The van der Waals surface area contributed by atoms with Crippen LogP contribution in [0.2, 0.25) is 0 Å². The second-order valence-corrected chi connectivity index (χ2v) is 7.39. The van der Waals surface area contributed by atoms with E-state index in [0.717, 1.165) is 44.0 Å². The second kappa shape index (κ2) is 6.36. The number of nitriles is 1. The Balaban J connectivity index is 1.73. The van der Waals surface area contributed by atoms with Crippen LogP contribution >= 0.6 is 0 Å². The molecule has 4 rings (SSSR count). The monoisotopic (exact) mass is 355 g/mol. The third kappa shape index (κ3) is 2.65. The summed E-state index contributed by atoms with van der Waals surface area (Å²) in [6, 6.07) is 6.55.